The minimum atomic E-state index is -0.248. The second-order valence-electron chi connectivity index (χ2n) is 6.32. The molecule has 0 saturated carbocycles. The Morgan fingerprint density at radius 3 is 2.62 bits per heavy atom. The number of hydrogen-bond donors (Lipinski definition) is 2. The second kappa shape index (κ2) is 13.7. The molecule has 2 N–H and O–H groups in total. The van der Waals surface area contributed by atoms with Gasteiger partial charge in [0, 0.05) is 25.7 Å². The Labute approximate surface area is 174 Å². The van der Waals surface area contributed by atoms with E-state index in [1.54, 1.807) is 7.05 Å². The number of benzene rings is 1. The molecule has 148 valence electrons. The standard InChI is InChI=1S/C19H31N3O3.HI/c1-14(2)9-11-25-17-12-15(3)6-7-16(17)13-22-19(20-4)21-10-8-18(23)24-5;/h6-7,12,14H,8-11,13H2,1-5H3,(H2,20,21,22);1H. The normalized spacial score (nSPS) is 10.9. The van der Waals surface area contributed by atoms with Crippen LogP contribution in [0.2, 0.25) is 0 Å². The number of aliphatic imine (C=N–C) groups is 1. The van der Waals surface area contributed by atoms with Crippen LogP contribution in [0.5, 0.6) is 5.75 Å². The van der Waals surface area contributed by atoms with Gasteiger partial charge in [0.05, 0.1) is 20.1 Å². The smallest absolute Gasteiger partial charge is 0.307 e. The minimum Gasteiger partial charge on any atom is -0.493 e. The molecule has 0 aliphatic heterocycles. The Bertz CT molecular complexity index is 577. The molecule has 6 nitrogen and oxygen atoms in total. The van der Waals surface area contributed by atoms with Crippen LogP contribution in [0.4, 0.5) is 0 Å². The number of ether oxygens (including phenoxy) is 2. The van der Waals surface area contributed by atoms with E-state index in [9.17, 15) is 4.79 Å². The van der Waals surface area contributed by atoms with E-state index < -0.39 is 0 Å². The van der Waals surface area contributed by atoms with Gasteiger partial charge in [0.25, 0.3) is 0 Å². The number of rotatable bonds is 9. The SMILES string of the molecule is CN=C(NCCC(=O)OC)NCc1ccc(C)cc1OCCC(C)C.I. The second-order valence-corrected chi connectivity index (χ2v) is 6.32. The van der Waals surface area contributed by atoms with Crippen molar-refractivity contribution in [2.75, 3.05) is 27.3 Å². The van der Waals surface area contributed by atoms with Crippen LogP contribution in [-0.2, 0) is 16.1 Å². The molecule has 0 saturated heterocycles. The van der Waals surface area contributed by atoms with E-state index >= 15 is 0 Å². The molecule has 0 aromatic heterocycles. The summed E-state index contributed by atoms with van der Waals surface area (Å²) in [5, 5.41) is 6.33. The first-order chi connectivity index (χ1) is 12.0. The number of halogens is 1. The molecule has 0 bridgehead atoms. The van der Waals surface area contributed by atoms with Gasteiger partial charge >= 0.3 is 5.97 Å². The molecule has 0 radical (unpaired) electrons. The lowest BCUT2D eigenvalue weighted by Gasteiger charge is -2.16. The molecule has 0 fully saturated rings. The van der Waals surface area contributed by atoms with Gasteiger partial charge in [-0.2, -0.15) is 0 Å². The van der Waals surface area contributed by atoms with Gasteiger partial charge in [-0.3, -0.25) is 9.79 Å². The van der Waals surface area contributed by atoms with Crippen LogP contribution in [-0.4, -0.2) is 39.2 Å². The van der Waals surface area contributed by atoms with Crippen LogP contribution in [0.3, 0.4) is 0 Å². The number of nitrogens with zero attached hydrogens (tertiary/aromatic N) is 1. The summed E-state index contributed by atoms with van der Waals surface area (Å²) in [5.41, 5.74) is 2.24. The molecule has 1 aromatic rings. The Morgan fingerprint density at radius 2 is 2.00 bits per heavy atom. The van der Waals surface area contributed by atoms with Crippen LogP contribution in [0.25, 0.3) is 0 Å². The highest BCUT2D eigenvalue weighted by Gasteiger charge is 2.07. The lowest BCUT2D eigenvalue weighted by atomic mass is 10.1. The zero-order chi connectivity index (χ0) is 18.7. The lowest BCUT2D eigenvalue weighted by molar-refractivity contribution is -0.140. The van der Waals surface area contributed by atoms with E-state index in [-0.39, 0.29) is 29.9 Å². The van der Waals surface area contributed by atoms with Gasteiger partial charge in [0.15, 0.2) is 5.96 Å². The summed E-state index contributed by atoms with van der Waals surface area (Å²) in [7, 11) is 3.08. The summed E-state index contributed by atoms with van der Waals surface area (Å²) in [6.07, 6.45) is 1.32. The number of esters is 1. The predicted octanol–water partition coefficient (Wildman–Crippen LogP) is 3.27. The molecule has 0 spiro atoms. The topological polar surface area (TPSA) is 72.0 Å². The maximum absolute atomic E-state index is 11.1. The highest BCUT2D eigenvalue weighted by Crippen LogP contribution is 2.21. The lowest BCUT2D eigenvalue weighted by Crippen LogP contribution is -2.38. The number of hydrogen-bond acceptors (Lipinski definition) is 4. The quantitative estimate of drug-likeness (QED) is 0.247. The van der Waals surface area contributed by atoms with Crippen molar-refractivity contribution in [3.63, 3.8) is 0 Å². The number of carbonyl (C=O) groups excluding carboxylic acids is 1. The van der Waals surface area contributed by atoms with Crippen LogP contribution in [0.15, 0.2) is 23.2 Å². The fraction of sp³-hybridized carbons (Fsp3) is 0.579. The van der Waals surface area contributed by atoms with Crippen molar-refractivity contribution in [2.24, 2.45) is 10.9 Å². The Kier molecular flexibility index (Phi) is 12.9. The fourth-order valence-electron chi connectivity index (χ4n) is 2.13. The summed E-state index contributed by atoms with van der Waals surface area (Å²) >= 11 is 0. The molecule has 0 atom stereocenters. The average Bonchev–Trinajstić information content (AvgIpc) is 2.58. The monoisotopic (exact) mass is 477 g/mol. The Balaban J connectivity index is 0.00000625. The Hall–Kier alpha value is -1.51. The van der Waals surface area contributed by atoms with Crippen molar-refractivity contribution in [2.45, 2.75) is 40.2 Å². The third-order valence-electron chi connectivity index (χ3n) is 3.69. The van der Waals surface area contributed by atoms with E-state index in [4.69, 9.17) is 4.74 Å². The molecule has 0 unspecified atom stereocenters. The molecule has 0 aliphatic carbocycles. The first-order valence-corrected chi connectivity index (χ1v) is 8.70. The highest BCUT2D eigenvalue weighted by atomic mass is 127. The van der Waals surface area contributed by atoms with Gasteiger partial charge in [-0.25, -0.2) is 0 Å². The van der Waals surface area contributed by atoms with Crippen molar-refractivity contribution in [3.8, 4) is 5.75 Å². The number of carbonyl (C=O) groups is 1. The first kappa shape index (κ1) is 24.5. The highest BCUT2D eigenvalue weighted by molar-refractivity contribution is 14.0. The molecule has 0 aliphatic rings. The van der Waals surface area contributed by atoms with Gasteiger partial charge in [-0.1, -0.05) is 26.0 Å². The van der Waals surface area contributed by atoms with Crippen molar-refractivity contribution in [1.82, 2.24) is 10.6 Å². The maximum Gasteiger partial charge on any atom is 0.307 e. The van der Waals surface area contributed by atoms with E-state index in [1.165, 1.54) is 12.7 Å². The summed E-state index contributed by atoms with van der Waals surface area (Å²) in [4.78, 5) is 15.3. The van der Waals surface area contributed by atoms with Gasteiger partial charge in [-0.15, -0.1) is 24.0 Å². The zero-order valence-corrected chi connectivity index (χ0v) is 18.8. The van der Waals surface area contributed by atoms with Crippen LogP contribution < -0.4 is 15.4 Å². The van der Waals surface area contributed by atoms with E-state index in [0.29, 0.717) is 38.0 Å². The summed E-state index contributed by atoms with van der Waals surface area (Å²) in [6.45, 7) is 8.20. The van der Waals surface area contributed by atoms with Gasteiger partial charge < -0.3 is 20.1 Å². The fourth-order valence-corrected chi connectivity index (χ4v) is 2.13. The molecule has 1 rings (SSSR count). The summed E-state index contributed by atoms with van der Waals surface area (Å²) in [6, 6.07) is 6.19. The summed E-state index contributed by atoms with van der Waals surface area (Å²) < 4.78 is 10.6. The molecular weight excluding hydrogens is 445 g/mol. The van der Waals surface area contributed by atoms with E-state index in [0.717, 1.165) is 17.7 Å². The van der Waals surface area contributed by atoms with Gasteiger partial charge in [-0.05, 0) is 30.9 Å². The molecule has 26 heavy (non-hydrogen) atoms. The first-order valence-electron chi connectivity index (χ1n) is 8.70. The van der Waals surface area contributed by atoms with E-state index in [2.05, 4.69) is 59.3 Å². The van der Waals surface area contributed by atoms with Crippen LogP contribution >= 0.6 is 24.0 Å². The number of nitrogens with one attached hydrogen (secondary N) is 2. The third kappa shape index (κ3) is 9.84. The van der Waals surface area contributed by atoms with E-state index in [1.807, 2.05) is 0 Å². The summed E-state index contributed by atoms with van der Waals surface area (Å²) in [5.74, 6) is 1.90. The molecule has 1 aromatic carbocycles. The Morgan fingerprint density at radius 1 is 1.27 bits per heavy atom. The molecule has 0 heterocycles. The van der Waals surface area contributed by atoms with Crippen molar-refractivity contribution in [1.29, 1.82) is 0 Å². The largest absolute Gasteiger partial charge is 0.493 e. The zero-order valence-electron chi connectivity index (χ0n) is 16.4. The molecule has 0 amide bonds. The number of guanidine groups is 1. The van der Waals surface area contributed by atoms with Crippen molar-refractivity contribution in [3.05, 3.63) is 29.3 Å². The van der Waals surface area contributed by atoms with Crippen molar-refractivity contribution < 1.29 is 14.3 Å². The molecule has 7 heteroatoms. The van der Waals surface area contributed by atoms with Crippen LogP contribution in [0.1, 0.15) is 37.8 Å². The molecular formula is C19H32IN3O3. The third-order valence-corrected chi connectivity index (χ3v) is 3.69. The van der Waals surface area contributed by atoms with Crippen LogP contribution in [0, 0.1) is 12.8 Å². The minimum absolute atomic E-state index is 0. The predicted molar refractivity (Wildman–Crippen MR) is 116 cm³/mol. The maximum atomic E-state index is 11.1. The number of aryl methyl sites for hydroxylation is 1. The average molecular weight is 477 g/mol. The number of methoxy groups -OCH3 is 1. The van der Waals surface area contributed by atoms with Crippen molar-refractivity contribution >= 4 is 35.9 Å². The van der Waals surface area contributed by atoms with Gasteiger partial charge in [0.1, 0.15) is 5.75 Å². The van der Waals surface area contributed by atoms with Gasteiger partial charge in [0.2, 0.25) is 0 Å².